The van der Waals surface area contributed by atoms with Gasteiger partial charge in [0.05, 0.1) is 0 Å². The summed E-state index contributed by atoms with van der Waals surface area (Å²) < 4.78 is 5.48. The first-order chi connectivity index (χ1) is 17.8. The molecular formula is C31H43N3O4. The van der Waals surface area contributed by atoms with Crippen molar-refractivity contribution in [1.82, 2.24) is 10.2 Å². The Bertz CT molecular complexity index is 1150. The summed E-state index contributed by atoms with van der Waals surface area (Å²) >= 11 is 0. The summed E-state index contributed by atoms with van der Waals surface area (Å²) in [6.45, 7) is 15.4. The van der Waals surface area contributed by atoms with Crippen molar-refractivity contribution in [1.29, 1.82) is 0 Å². The minimum atomic E-state index is -0.855. The number of carbonyl (C=O) groups excluding carboxylic acids is 3. The fourth-order valence-corrected chi connectivity index (χ4v) is 4.69. The van der Waals surface area contributed by atoms with Crippen LogP contribution in [0, 0.1) is 25.7 Å². The molecule has 0 aliphatic heterocycles. The second-order valence-electron chi connectivity index (χ2n) is 12.0. The van der Waals surface area contributed by atoms with Crippen molar-refractivity contribution in [2.45, 2.75) is 92.0 Å². The summed E-state index contributed by atoms with van der Waals surface area (Å²) in [5.74, 6) is -0.169. The molecule has 0 spiro atoms. The van der Waals surface area contributed by atoms with Gasteiger partial charge in [0.15, 0.2) is 0 Å². The molecular weight excluding hydrogens is 478 g/mol. The first kappa shape index (κ1) is 29.2. The van der Waals surface area contributed by atoms with E-state index < -0.39 is 23.8 Å². The monoisotopic (exact) mass is 521 g/mol. The molecule has 3 amide bonds. The maximum Gasteiger partial charge on any atom is 0.408 e. The summed E-state index contributed by atoms with van der Waals surface area (Å²) in [5, 5.41) is 5.88. The Hall–Kier alpha value is -3.35. The number of anilines is 1. The highest BCUT2D eigenvalue weighted by Gasteiger charge is 2.48. The number of hydrogen-bond donors (Lipinski definition) is 2. The molecule has 2 aromatic carbocycles. The highest BCUT2D eigenvalue weighted by Crippen LogP contribution is 2.41. The number of rotatable bonds is 9. The third-order valence-electron chi connectivity index (χ3n) is 6.66. The number of para-hydroxylation sites is 1. The molecule has 2 N–H and O–H groups in total. The van der Waals surface area contributed by atoms with Crippen LogP contribution in [-0.2, 0) is 14.3 Å². The molecule has 206 valence electrons. The molecule has 38 heavy (non-hydrogen) atoms. The van der Waals surface area contributed by atoms with Gasteiger partial charge in [-0.15, -0.1) is 0 Å². The zero-order valence-electron chi connectivity index (χ0n) is 24.0. The Labute approximate surface area is 227 Å². The number of carbonyl (C=O) groups is 3. The van der Waals surface area contributed by atoms with Gasteiger partial charge in [0.1, 0.15) is 17.7 Å². The minimum absolute atomic E-state index is 0.106. The molecule has 0 heterocycles. The third kappa shape index (κ3) is 7.83. The maximum absolute atomic E-state index is 14.3. The molecule has 7 nitrogen and oxygen atoms in total. The summed E-state index contributed by atoms with van der Waals surface area (Å²) in [4.78, 5) is 42.8. The molecule has 4 atom stereocenters. The Morgan fingerprint density at radius 3 is 2.26 bits per heavy atom. The average molecular weight is 522 g/mol. The van der Waals surface area contributed by atoms with Gasteiger partial charge in [-0.2, -0.15) is 0 Å². The van der Waals surface area contributed by atoms with Crippen LogP contribution in [0.2, 0.25) is 0 Å². The Balaban J connectivity index is 2.03. The predicted octanol–water partition coefficient (Wildman–Crippen LogP) is 6.16. The van der Waals surface area contributed by atoms with E-state index in [-0.39, 0.29) is 29.7 Å². The first-order valence-electron chi connectivity index (χ1n) is 13.5. The number of aryl methyl sites for hydroxylation is 2. The van der Waals surface area contributed by atoms with Crippen molar-refractivity contribution in [3.63, 3.8) is 0 Å². The molecule has 1 saturated carbocycles. The summed E-state index contributed by atoms with van der Waals surface area (Å²) in [6, 6.07) is 13.5. The van der Waals surface area contributed by atoms with E-state index >= 15 is 0 Å². The van der Waals surface area contributed by atoms with Crippen LogP contribution in [0.1, 0.15) is 77.1 Å². The van der Waals surface area contributed by atoms with Crippen LogP contribution in [0.25, 0.3) is 0 Å². The van der Waals surface area contributed by atoms with Gasteiger partial charge in [0.2, 0.25) is 5.91 Å². The van der Waals surface area contributed by atoms with Crippen molar-refractivity contribution in [2.24, 2.45) is 11.8 Å². The van der Waals surface area contributed by atoms with E-state index in [9.17, 15) is 14.4 Å². The van der Waals surface area contributed by atoms with Crippen molar-refractivity contribution in [2.75, 3.05) is 5.32 Å². The van der Waals surface area contributed by atoms with Crippen molar-refractivity contribution in [3.8, 4) is 0 Å². The minimum Gasteiger partial charge on any atom is -0.444 e. The SMILES string of the molecule is Cc1cccc(C(C(=O)Nc2ccccc2C)N(C(=O)C(CC(C)C)NC(=O)OC(C)(C)C)C2CC2C)c1. The van der Waals surface area contributed by atoms with Crippen molar-refractivity contribution < 1.29 is 19.1 Å². The average Bonchev–Trinajstić information content (AvgIpc) is 3.52. The lowest BCUT2D eigenvalue weighted by Gasteiger charge is -2.35. The number of benzene rings is 2. The molecule has 0 aromatic heterocycles. The lowest BCUT2D eigenvalue weighted by molar-refractivity contribution is -0.142. The van der Waals surface area contributed by atoms with Gasteiger partial charge in [0.25, 0.3) is 5.91 Å². The lowest BCUT2D eigenvalue weighted by Crippen LogP contribution is -2.53. The standard InChI is InChI=1S/C31H43N3O4/c1-19(2)16-25(33-30(37)38-31(6,7)8)29(36)34(26-18-22(26)5)27(23-14-11-12-20(3)17-23)28(35)32-24-15-10-9-13-21(24)4/h9-15,17,19,22,25-27H,16,18H2,1-8H3,(H,32,35)(H,33,37). The topological polar surface area (TPSA) is 87.7 Å². The van der Waals surface area contributed by atoms with Gasteiger partial charge in [-0.1, -0.05) is 68.8 Å². The zero-order chi connectivity index (χ0) is 28.2. The summed E-state index contributed by atoms with van der Waals surface area (Å²) in [7, 11) is 0. The first-order valence-corrected chi connectivity index (χ1v) is 13.5. The predicted molar refractivity (Wildman–Crippen MR) is 151 cm³/mol. The molecule has 0 radical (unpaired) electrons. The zero-order valence-corrected chi connectivity index (χ0v) is 24.0. The highest BCUT2D eigenvalue weighted by molar-refractivity contribution is 5.99. The van der Waals surface area contributed by atoms with Crippen LogP contribution in [0.3, 0.4) is 0 Å². The van der Waals surface area contributed by atoms with E-state index in [4.69, 9.17) is 4.74 Å². The third-order valence-corrected chi connectivity index (χ3v) is 6.66. The van der Waals surface area contributed by atoms with Gasteiger partial charge >= 0.3 is 6.09 Å². The molecule has 1 aliphatic carbocycles. The van der Waals surface area contributed by atoms with E-state index in [1.165, 1.54) is 0 Å². The van der Waals surface area contributed by atoms with Gasteiger partial charge in [-0.25, -0.2) is 4.79 Å². The number of nitrogens with one attached hydrogen (secondary N) is 2. The normalized spacial score (nSPS) is 18.3. The van der Waals surface area contributed by atoms with Crippen LogP contribution >= 0.6 is 0 Å². The Morgan fingerprint density at radius 1 is 1.05 bits per heavy atom. The van der Waals surface area contributed by atoms with Crippen molar-refractivity contribution >= 4 is 23.6 Å². The van der Waals surface area contributed by atoms with Crippen LogP contribution < -0.4 is 10.6 Å². The van der Waals surface area contributed by atoms with Gasteiger partial charge in [-0.05, 0) is 76.5 Å². The molecule has 1 fully saturated rings. The largest absolute Gasteiger partial charge is 0.444 e. The van der Waals surface area contributed by atoms with E-state index in [1.807, 2.05) is 76.2 Å². The molecule has 1 aliphatic rings. The van der Waals surface area contributed by atoms with Crippen molar-refractivity contribution in [3.05, 3.63) is 65.2 Å². The molecule has 3 rings (SSSR count). The number of ether oxygens (including phenoxy) is 1. The second-order valence-corrected chi connectivity index (χ2v) is 12.0. The quantitative estimate of drug-likeness (QED) is 0.414. The molecule has 2 aromatic rings. The summed E-state index contributed by atoms with van der Waals surface area (Å²) in [5.41, 5.74) is 2.68. The van der Waals surface area contributed by atoms with Gasteiger partial charge < -0.3 is 20.3 Å². The van der Waals surface area contributed by atoms with Gasteiger partial charge in [0, 0.05) is 11.7 Å². The Morgan fingerprint density at radius 2 is 1.71 bits per heavy atom. The fourth-order valence-electron chi connectivity index (χ4n) is 4.69. The van der Waals surface area contributed by atoms with Crippen LogP contribution in [0.4, 0.5) is 10.5 Å². The number of alkyl carbamates (subject to hydrolysis) is 1. The number of amides is 3. The van der Waals surface area contributed by atoms with E-state index in [0.717, 1.165) is 23.1 Å². The molecule has 7 heteroatoms. The second kappa shape index (κ2) is 12.0. The fraction of sp³-hybridized carbons (Fsp3) is 0.516. The van der Waals surface area contributed by atoms with E-state index in [1.54, 1.807) is 25.7 Å². The van der Waals surface area contributed by atoms with Crippen LogP contribution in [0.15, 0.2) is 48.5 Å². The number of hydrogen-bond acceptors (Lipinski definition) is 4. The van der Waals surface area contributed by atoms with Crippen LogP contribution in [-0.4, -0.2) is 40.5 Å². The van der Waals surface area contributed by atoms with E-state index in [2.05, 4.69) is 17.6 Å². The molecule has 0 bridgehead atoms. The van der Waals surface area contributed by atoms with E-state index in [0.29, 0.717) is 12.1 Å². The highest BCUT2D eigenvalue weighted by atomic mass is 16.6. The smallest absolute Gasteiger partial charge is 0.408 e. The Kier molecular flexibility index (Phi) is 9.23. The molecule has 4 unspecified atom stereocenters. The number of nitrogens with zero attached hydrogens (tertiary/aromatic N) is 1. The molecule has 0 saturated heterocycles. The lowest BCUT2D eigenvalue weighted by atomic mass is 9.97. The summed E-state index contributed by atoms with van der Waals surface area (Å²) in [6.07, 6.45) is 0.582. The maximum atomic E-state index is 14.3. The van der Waals surface area contributed by atoms with Crippen LogP contribution in [0.5, 0.6) is 0 Å². The van der Waals surface area contributed by atoms with Gasteiger partial charge in [-0.3, -0.25) is 9.59 Å².